The molecule has 150 valence electrons. The lowest BCUT2D eigenvalue weighted by Crippen LogP contribution is -2.24. The molecule has 0 radical (unpaired) electrons. The molecule has 0 saturated heterocycles. The first-order valence-corrected chi connectivity index (χ1v) is 10.1. The summed E-state index contributed by atoms with van der Waals surface area (Å²) in [6, 6.07) is 13.8. The van der Waals surface area contributed by atoms with Gasteiger partial charge in [0.25, 0.3) is 0 Å². The fraction of sp³-hybridized carbons (Fsp3) is 0.200. The van der Waals surface area contributed by atoms with Gasteiger partial charge in [0.2, 0.25) is 17.8 Å². The van der Waals surface area contributed by atoms with Gasteiger partial charge in [-0.1, -0.05) is 29.8 Å². The Kier molecular flexibility index (Phi) is 6.96. The van der Waals surface area contributed by atoms with Crippen LogP contribution < -0.4 is 16.4 Å². The molecule has 3 aromatic rings. The first-order chi connectivity index (χ1) is 14.0. The number of thioether (sulfide) groups is 1. The van der Waals surface area contributed by atoms with Crippen molar-refractivity contribution in [3.63, 3.8) is 0 Å². The number of hydrogen-bond acceptors (Lipinski definition) is 7. The second kappa shape index (κ2) is 9.83. The molecule has 0 atom stereocenters. The van der Waals surface area contributed by atoms with Crippen molar-refractivity contribution in [2.24, 2.45) is 0 Å². The lowest BCUT2D eigenvalue weighted by atomic mass is 10.2. The van der Waals surface area contributed by atoms with Gasteiger partial charge in [0.1, 0.15) is 11.6 Å². The topological polar surface area (TPSA) is 106 Å². The Labute approximate surface area is 172 Å². The Morgan fingerprint density at radius 2 is 1.79 bits per heavy atom. The number of aromatic nitrogens is 3. The monoisotopic (exact) mass is 412 g/mol. The Bertz CT molecular complexity index is 966. The van der Waals surface area contributed by atoms with Crippen molar-refractivity contribution >= 4 is 35.3 Å². The number of carbonyl (C=O) groups excluding carboxylic acids is 1. The smallest absolute Gasteiger partial charge is 0.232 e. The zero-order valence-corrected chi connectivity index (χ0v) is 16.7. The quantitative estimate of drug-likeness (QED) is 0.522. The summed E-state index contributed by atoms with van der Waals surface area (Å²) in [6.45, 7) is 2.36. The first-order valence-electron chi connectivity index (χ1n) is 8.91. The van der Waals surface area contributed by atoms with Crippen LogP contribution in [0.15, 0.2) is 48.5 Å². The molecule has 3 rings (SSSR count). The second-order valence-corrected chi connectivity index (χ2v) is 7.31. The van der Waals surface area contributed by atoms with Gasteiger partial charge >= 0.3 is 0 Å². The third-order valence-electron chi connectivity index (χ3n) is 3.87. The average molecular weight is 412 g/mol. The van der Waals surface area contributed by atoms with Gasteiger partial charge in [-0.05, 0) is 36.8 Å². The van der Waals surface area contributed by atoms with Gasteiger partial charge in [0.15, 0.2) is 0 Å². The molecule has 0 unspecified atom stereocenters. The van der Waals surface area contributed by atoms with E-state index in [0.717, 1.165) is 16.8 Å². The molecule has 1 heterocycles. The molecule has 1 aromatic heterocycles. The van der Waals surface area contributed by atoms with E-state index in [1.807, 2.05) is 31.2 Å². The Hall–Kier alpha value is -3.20. The van der Waals surface area contributed by atoms with E-state index in [1.54, 1.807) is 12.1 Å². The van der Waals surface area contributed by atoms with Crippen LogP contribution in [0.25, 0.3) is 0 Å². The number of nitrogens with one attached hydrogen (secondary N) is 2. The number of nitrogens with zero attached hydrogens (tertiary/aromatic N) is 3. The minimum absolute atomic E-state index is 0.117. The van der Waals surface area contributed by atoms with Gasteiger partial charge in [0.05, 0.1) is 11.5 Å². The van der Waals surface area contributed by atoms with E-state index in [-0.39, 0.29) is 23.4 Å². The normalized spacial score (nSPS) is 10.6. The molecule has 7 nitrogen and oxygen atoms in total. The summed E-state index contributed by atoms with van der Waals surface area (Å²) >= 11 is 1.37. The highest BCUT2D eigenvalue weighted by Crippen LogP contribution is 2.16. The van der Waals surface area contributed by atoms with Crippen LogP contribution in [-0.2, 0) is 17.1 Å². The molecular formula is C20H21FN6OS. The van der Waals surface area contributed by atoms with Crippen LogP contribution >= 0.6 is 11.8 Å². The SMILES string of the molecule is Cc1ccc(Nc2nc(N)nc(CSCC(=O)NCc3ccc(F)cc3)n2)cc1. The first kappa shape index (κ1) is 20.5. The molecule has 0 aliphatic carbocycles. The van der Waals surface area contributed by atoms with Gasteiger partial charge in [-0.3, -0.25) is 4.79 Å². The molecule has 0 bridgehead atoms. The number of anilines is 3. The summed E-state index contributed by atoms with van der Waals surface area (Å²) in [7, 11) is 0. The van der Waals surface area contributed by atoms with Gasteiger partial charge in [-0.25, -0.2) is 4.39 Å². The van der Waals surface area contributed by atoms with Crippen LogP contribution in [0, 0.1) is 12.7 Å². The number of carbonyl (C=O) groups is 1. The van der Waals surface area contributed by atoms with Crippen LogP contribution in [0.4, 0.5) is 22.0 Å². The van der Waals surface area contributed by atoms with Crippen molar-refractivity contribution in [2.45, 2.75) is 19.2 Å². The molecule has 0 fully saturated rings. The van der Waals surface area contributed by atoms with Gasteiger partial charge < -0.3 is 16.4 Å². The number of rotatable bonds is 8. The summed E-state index contributed by atoms with van der Waals surface area (Å²) in [5.74, 6) is 1.20. The molecule has 29 heavy (non-hydrogen) atoms. The van der Waals surface area contributed by atoms with Crippen LogP contribution in [-0.4, -0.2) is 26.6 Å². The van der Waals surface area contributed by atoms with E-state index < -0.39 is 0 Å². The van der Waals surface area contributed by atoms with E-state index in [0.29, 0.717) is 24.1 Å². The van der Waals surface area contributed by atoms with Crippen molar-refractivity contribution < 1.29 is 9.18 Å². The van der Waals surface area contributed by atoms with Gasteiger partial charge in [0, 0.05) is 12.2 Å². The van der Waals surface area contributed by atoms with Crippen molar-refractivity contribution in [3.8, 4) is 0 Å². The van der Waals surface area contributed by atoms with Crippen molar-refractivity contribution in [1.82, 2.24) is 20.3 Å². The maximum Gasteiger partial charge on any atom is 0.232 e. The third kappa shape index (κ3) is 6.72. The predicted molar refractivity (Wildman–Crippen MR) is 113 cm³/mol. The van der Waals surface area contributed by atoms with Crippen molar-refractivity contribution in [1.29, 1.82) is 0 Å². The Morgan fingerprint density at radius 3 is 2.52 bits per heavy atom. The van der Waals surface area contributed by atoms with Crippen LogP contribution in [0.2, 0.25) is 0 Å². The minimum atomic E-state index is -0.302. The Balaban J connectivity index is 1.48. The molecule has 4 N–H and O–H groups in total. The highest BCUT2D eigenvalue weighted by molar-refractivity contribution is 7.99. The second-order valence-electron chi connectivity index (χ2n) is 6.32. The van der Waals surface area contributed by atoms with Crippen LogP contribution in [0.5, 0.6) is 0 Å². The molecule has 2 aromatic carbocycles. The lowest BCUT2D eigenvalue weighted by molar-refractivity contribution is -0.118. The molecule has 0 spiro atoms. The summed E-state index contributed by atoms with van der Waals surface area (Å²) in [6.07, 6.45) is 0. The lowest BCUT2D eigenvalue weighted by Gasteiger charge is -2.08. The van der Waals surface area contributed by atoms with E-state index in [1.165, 1.54) is 23.9 Å². The number of amides is 1. The third-order valence-corrected chi connectivity index (χ3v) is 4.80. The number of halogens is 1. The van der Waals surface area contributed by atoms with Crippen LogP contribution in [0.3, 0.4) is 0 Å². The number of hydrogen-bond donors (Lipinski definition) is 3. The largest absolute Gasteiger partial charge is 0.368 e. The standard InChI is InChI=1S/C20H21FN6OS/c1-13-2-8-16(9-3-13)24-20-26-17(25-19(22)27-20)11-29-12-18(28)23-10-14-4-6-15(21)7-5-14/h2-9H,10-12H2,1H3,(H,23,28)(H3,22,24,25,26,27). The fourth-order valence-electron chi connectivity index (χ4n) is 2.41. The summed E-state index contributed by atoms with van der Waals surface area (Å²) in [5.41, 5.74) is 8.61. The Morgan fingerprint density at radius 1 is 1.07 bits per heavy atom. The fourth-order valence-corrected chi connectivity index (χ4v) is 3.11. The molecular weight excluding hydrogens is 391 g/mol. The predicted octanol–water partition coefficient (Wildman–Crippen LogP) is 3.19. The maximum atomic E-state index is 12.9. The number of nitrogens with two attached hydrogens (primary N) is 1. The molecule has 0 saturated carbocycles. The zero-order valence-electron chi connectivity index (χ0n) is 15.9. The van der Waals surface area contributed by atoms with E-state index in [9.17, 15) is 9.18 Å². The van der Waals surface area contributed by atoms with Crippen molar-refractivity contribution in [3.05, 3.63) is 71.3 Å². The highest BCUT2D eigenvalue weighted by Gasteiger charge is 2.08. The maximum absolute atomic E-state index is 12.9. The van der Waals surface area contributed by atoms with E-state index in [2.05, 4.69) is 25.6 Å². The van der Waals surface area contributed by atoms with Gasteiger partial charge in [-0.2, -0.15) is 15.0 Å². The molecule has 0 aliphatic rings. The number of aryl methyl sites for hydroxylation is 1. The molecule has 0 aliphatic heterocycles. The summed E-state index contributed by atoms with van der Waals surface area (Å²) in [4.78, 5) is 24.5. The number of benzene rings is 2. The number of nitrogen functional groups attached to an aromatic ring is 1. The summed E-state index contributed by atoms with van der Waals surface area (Å²) in [5, 5.41) is 5.89. The van der Waals surface area contributed by atoms with E-state index in [4.69, 9.17) is 5.73 Å². The molecule has 9 heteroatoms. The zero-order chi connectivity index (χ0) is 20.6. The average Bonchev–Trinajstić information content (AvgIpc) is 2.69. The van der Waals surface area contributed by atoms with Crippen LogP contribution in [0.1, 0.15) is 17.0 Å². The van der Waals surface area contributed by atoms with Crippen molar-refractivity contribution in [2.75, 3.05) is 16.8 Å². The highest BCUT2D eigenvalue weighted by atomic mass is 32.2. The van der Waals surface area contributed by atoms with E-state index >= 15 is 0 Å². The van der Waals surface area contributed by atoms with Gasteiger partial charge in [-0.15, -0.1) is 11.8 Å². The minimum Gasteiger partial charge on any atom is -0.368 e. The summed E-state index contributed by atoms with van der Waals surface area (Å²) < 4.78 is 12.9. The molecule has 1 amide bonds.